The Hall–Kier alpha value is -2.54. The van der Waals surface area contributed by atoms with Crippen LogP contribution in [-0.2, 0) is 7.05 Å². The lowest BCUT2D eigenvalue weighted by Crippen LogP contribution is -2.41. The number of likely N-dealkylation sites (tertiary alicyclic amines) is 1. The molecular weight excluding hydrogens is 343 g/mol. The molecule has 3 heterocycles. The molecule has 2 aromatic heterocycles. The molecule has 0 amide bonds. The maximum atomic E-state index is 14.1. The second-order valence-corrected chi connectivity index (χ2v) is 7.49. The highest BCUT2D eigenvalue weighted by molar-refractivity contribution is 5.89. The lowest BCUT2D eigenvalue weighted by atomic mass is 9.85. The van der Waals surface area contributed by atoms with E-state index in [2.05, 4.69) is 38.1 Å². The van der Waals surface area contributed by atoms with Crippen LogP contribution in [0.25, 0.3) is 10.9 Å². The number of rotatable bonds is 4. The monoisotopic (exact) mass is 368 g/mol. The van der Waals surface area contributed by atoms with Crippen molar-refractivity contribution in [1.29, 1.82) is 0 Å². The van der Waals surface area contributed by atoms with Crippen molar-refractivity contribution in [1.82, 2.24) is 24.6 Å². The van der Waals surface area contributed by atoms with Gasteiger partial charge in [0.05, 0.1) is 6.20 Å². The summed E-state index contributed by atoms with van der Waals surface area (Å²) in [6, 6.07) is 5.36. The van der Waals surface area contributed by atoms with Crippen molar-refractivity contribution < 1.29 is 4.39 Å². The smallest absolute Gasteiger partial charge is 0.149 e. The molecule has 2 atom stereocenters. The van der Waals surface area contributed by atoms with E-state index in [0.29, 0.717) is 17.5 Å². The molecule has 1 saturated heterocycles. The third-order valence-corrected chi connectivity index (χ3v) is 5.54. The fourth-order valence-corrected chi connectivity index (χ4v) is 4.35. The number of nitrogens with zero attached hydrogens (tertiary/aromatic N) is 6. The van der Waals surface area contributed by atoms with Gasteiger partial charge in [0.15, 0.2) is 0 Å². The minimum absolute atomic E-state index is 0.310. The zero-order valence-electron chi connectivity index (χ0n) is 16.0. The fraction of sp³-hybridized carbons (Fsp3) is 0.450. The second-order valence-electron chi connectivity index (χ2n) is 7.49. The zero-order valence-corrected chi connectivity index (χ0v) is 16.0. The number of anilines is 1. The van der Waals surface area contributed by atoms with Gasteiger partial charge in [-0.3, -0.25) is 9.58 Å². The van der Waals surface area contributed by atoms with Crippen LogP contribution in [0.2, 0.25) is 0 Å². The first-order chi connectivity index (χ1) is 13.0. The molecule has 0 spiro atoms. The summed E-state index contributed by atoms with van der Waals surface area (Å²) in [6.45, 7) is 1.92. The van der Waals surface area contributed by atoms with Crippen LogP contribution in [-0.4, -0.2) is 51.8 Å². The Labute approximate surface area is 158 Å². The first-order valence-corrected chi connectivity index (χ1v) is 9.33. The quantitative estimate of drug-likeness (QED) is 0.709. The molecule has 0 aliphatic carbocycles. The molecule has 0 bridgehead atoms. The Balaban J connectivity index is 1.63. The molecule has 4 rings (SSSR count). The summed E-state index contributed by atoms with van der Waals surface area (Å²) < 4.78 is 16.0. The second kappa shape index (κ2) is 7.23. The van der Waals surface area contributed by atoms with Gasteiger partial charge in [-0.05, 0) is 44.5 Å². The number of benzene rings is 1. The van der Waals surface area contributed by atoms with Gasteiger partial charge < -0.3 is 4.90 Å². The summed E-state index contributed by atoms with van der Waals surface area (Å²) in [7, 11) is 6.16. The van der Waals surface area contributed by atoms with Gasteiger partial charge in [-0.25, -0.2) is 14.4 Å². The molecule has 7 heteroatoms. The molecule has 0 radical (unpaired) electrons. The van der Waals surface area contributed by atoms with Crippen LogP contribution >= 0.6 is 0 Å². The highest BCUT2D eigenvalue weighted by atomic mass is 19.1. The van der Waals surface area contributed by atoms with Gasteiger partial charge in [-0.1, -0.05) is 6.07 Å². The van der Waals surface area contributed by atoms with Crippen molar-refractivity contribution in [3.05, 3.63) is 48.3 Å². The van der Waals surface area contributed by atoms with E-state index in [4.69, 9.17) is 0 Å². The molecule has 142 valence electrons. The third-order valence-electron chi connectivity index (χ3n) is 5.54. The lowest BCUT2D eigenvalue weighted by Gasteiger charge is -2.40. The topological polar surface area (TPSA) is 50.1 Å². The predicted molar refractivity (Wildman–Crippen MR) is 104 cm³/mol. The van der Waals surface area contributed by atoms with Crippen molar-refractivity contribution in [3.8, 4) is 0 Å². The van der Waals surface area contributed by atoms with Crippen LogP contribution < -0.4 is 4.90 Å². The number of halogens is 1. The Morgan fingerprint density at radius 3 is 2.89 bits per heavy atom. The van der Waals surface area contributed by atoms with E-state index in [9.17, 15) is 4.39 Å². The number of aryl methyl sites for hydroxylation is 1. The standard InChI is InChI=1S/C20H25FN6/c1-25-9-5-6-14(19(25)15-10-24-27(3)12-15)11-26(2)20-16-7-4-8-17(21)18(16)22-13-23-20/h4,7-8,10,12-14,19H,5-6,9,11H2,1-3H3/t14-,19+/m0/s1. The maximum absolute atomic E-state index is 14.1. The molecule has 6 nitrogen and oxygen atoms in total. The van der Waals surface area contributed by atoms with Crippen LogP contribution in [0.5, 0.6) is 0 Å². The van der Waals surface area contributed by atoms with E-state index < -0.39 is 0 Å². The number of para-hydroxylation sites is 1. The molecule has 0 unspecified atom stereocenters. The van der Waals surface area contributed by atoms with E-state index >= 15 is 0 Å². The van der Waals surface area contributed by atoms with Crippen LogP contribution in [0.3, 0.4) is 0 Å². The van der Waals surface area contributed by atoms with Gasteiger partial charge in [-0.2, -0.15) is 5.10 Å². The van der Waals surface area contributed by atoms with Crippen LogP contribution in [0.1, 0.15) is 24.4 Å². The molecule has 27 heavy (non-hydrogen) atoms. The van der Waals surface area contributed by atoms with Gasteiger partial charge in [-0.15, -0.1) is 0 Å². The van der Waals surface area contributed by atoms with Crippen LogP contribution in [0, 0.1) is 11.7 Å². The Morgan fingerprint density at radius 1 is 1.26 bits per heavy atom. The van der Waals surface area contributed by atoms with E-state index in [1.807, 2.05) is 31.0 Å². The highest BCUT2D eigenvalue weighted by Crippen LogP contribution is 2.36. The number of fused-ring (bicyclic) bond motifs is 1. The molecular formula is C20H25FN6. The molecule has 1 aliphatic heterocycles. The van der Waals surface area contributed by atoms with Crippen molar-refractivity contribution in [3.63, 3.8) is 0 Å². The van der Waals surface area contributed by atoms with Gasteiger partial charge >= 0.3 is 0 Å². The number of hydrogen-bond acceptors (Lipinski definition) is 5. The fourth-order valence-electron chi connectivity index (χ4n) is 4.35. The minimum atomic E-state index is -0.310. The van der Waals surface area contributed by atoms with Gasteiger partial charge in [0.1, 0.15) is 23.5 Å². The van der Waals surface area contributed by atoms with Crippen LogP contribution in [0.4, 0.5) is 10.2 Å². The highest BCUT2D eigenvalue weighted by Gasteiger charge is 2.32. The molecule has 1 aromatic carbocycles. The SMILES string of the molecule is CN(C[C@@H]1CCCN(C)[C@H]1c1cnn(C)c1)c1ncnc2c(F)cccc12. The van der Waals surface area contributed by atoms with Crippen molar-refractivity contribution >= 4 is 16.7 Å². The summed E-state index contributed by atoms with van der Waals surface area (Å²) in [5.74, 6) is 0.907. The maximum Gasteiger partial charge on any atom is 0.149 e. The average molecular weight is 368 g/mol. The third kappa shape index (κ3) is 3.39. The van der Waals surface area contributed by atoms with Crippen molar-refractivity contribution in [2.45, 2.75) is 18.9 Å². The van der Waals surface area contributed by atoms with E-state index in [1.54, 1.807) is 6.07 Å². The Morgan fingerprint density at radius 2 is 2.11 bits per heavy atom. The molecule has 0 N–H and O–H groups in total. The summed E-state index contributed by atoms with van der Waals surface area (Å²) >= 11 is 0. The largest absolute Gasteiger partial charge is 0.359 e. The van der Waals surface area contributed by atoms with E-state index in [1.165, 1.54) is 24.4 Å². The minimum Gasteiger partial charge on any atom is -0.359 e. The number of aromatic nitrogens is 4. The van der Waals surface area contributed by atoms with Gasteiger partial charge in [0, 0.05) is 43.8 Å². The summed E-state index contributed by atoms with van der Waals surface area (Å²) in [6.07, 6.45) is 7.84. The molecule has 1 fully saturated rings. The van der Waals surface area contributed by atoms with Crippen molar-refractivity contribution in [2.24, 2.45) is 13.0 Å². The molecule has 0 saturated carbocycles. The van der Waals surface area contributed by atoms with Gasteiger partial charge in [0.2, 0.25) is 0 Å². The normalized spacial score (nSPS) is 20.9. The predicted octanol–water partition coefficient (Wildman–Crippen LogP) is 3.02. The lowest BCUT2D eigenvalue weighted by molar-refractivity contribution is 0.124. The van der Waals surface area contributed by atoms with Gasteiger partial charge in [0.25, 0.3) is 0 Å². The zero-order chi connectivity index (χ0) is 19.0. The van der Waals surface area contributed by atoms with Crippen molar-refractivity contribution in [2.75, 3.05) is 32.1 Å². The average Bonchev–Trinajstić information content (AvgIpc) is 3.07. The molecule has 3 aromatic rings. The Bertz CT molecular complexity index is 939. The number of hydrogen-bond donors (Lipinski definition) is 0. The van der Waals surface area contributed by atoms with E-state index in [0.717, 1.165) is 30.7 Å². The first kappa shape index (κ1) is 17.9. The summed E-state index contributed by atoms with van der Waals surface area (Å²) in [5, 5.41) is 5.11. The Kier molecular flexibility index (Phi) is 4.78. The van der Waals surface area contributed by atoms with Crippen LogP contribution in [0.15, 0.2) is 36.9 Å². The number of piperidine rings is 1. The summed E-state index contributed by atoms with van der Waals surface area (Å²) in [4.78, 5) is 13.1. The summed E-state index contributed by atoms with van der Waals surface area (Å²) in [5.41, 5.74) is 1.62. The molecule has 1 aliphatic rings. The van der Waals surface area contributed by atoms with E-state index in [-0.39, 0.29) is 5.82 Å². The first-order valence-electron chi connectivity index (χ1n) is 9.33.